The Kier molecular flexibility index (Phi) is 6.42. The predicted octanol–water partition coefficient (Wildman–Crippen LogP) is 8.36. The van der Waals surface area contributed by atoms with Crippen LogP contribution in [0.25, 0.3) is 11.1 Å². The lowest BCUT2D eigenvalue weighted by Gasteiger charge is -2.27. The van der Waals surface area contributed by atoms with E-state index in [0.29, 0.717) is 0 Å². The van der Waals surface area contributed by atoms with E-state index in [0.717, 1.165) is 24.7 Å². The van der Waals surface area contributed by atoms with Gasteiger partial charge in [0.2, 0.25) is 0 Å². The summed E-state index contributed by atoms with van der Waals surface area (Å²) in [6, 6.07) is 23.2. The number of rotatable bonds is 5. The van der Waals surface area contributed by atoms with E-state index in [1.54, 1.807) is 5.56 Å². The van der Waals surface area contributed by atoms with Gasteiger partial charge in [-0.15, -0.1) is 0 Å². The zero-order chi connectivity index (χ0) is 21.1. The summed E-state index contributed by atoms with van der Waals surface area (Å²) in [7, 11) is 0. The average Bonchev–Trinajstić information content (AvgIpc) is 2.74. The first-order valence-electron chi connectivity index (χ1n) is 11.8. The molecule has 1 fully saturated rings. The average molecular weight is 397 g/mol. The van der Waals surface area contributed by atoms with E-state index < -0.39 is 0 Å². The van der Waals surface area contributed by atoms with Crippen LogP contribution in [0.1, 0.15) is 71.9 Å². The van der Waals surface area contributed by atoms with Gasteiger partial charge in [-0.2, -0.15) is 0 Å². The Balaban J connectivity index is 1.43. The molecule has 0 heterocycles. The Labute approximate surface area is 183 Å². The Morgan fingerprint density at radius 2 is 1.43 bits per heavy atom. The number of benzene rings is 3. The molecule has 0 N–H and O–H groups in total. The van der Waals surface area contributed by atoms with Gasteiger partial charge in [0.25, 0.3) is 0 Å². The van der Waals surface area contributed by atoms with Crippen LogP contribution in [0.15, 0.2) is 60.7 Å². The normalized spacial score (nSPS) is 19.1. The van der Waals surface area contributed by atoms with Crippen LogP contribution in [0.4, 0.5) is 0 Å². The molecule has 4 rings (SSSR count). The van der Waals surface area contributed by atoms with Crippen molar-refractivity contribution < 1.29 is 0 Å². The third-order valence-corrected chi connectivity index (χ3v) is 7.18. The van der Waals surface area contributed by atoms with Gasteiger partial charge in [0.15, 0.2) is 0 Å². The van der Waals surface area contributed by atoms with Gasteiger partial charge in [0, 0.05) is 0 Å². The molecule has 0 unspecified atom stereocenters. The monoisotopic (exact) mass is 396 g/mol. The molecule has 0 bridgehead atoms. The summed E-state index contributed by atoms with van der Waals surface area (Å²) in [4.78, 5) is 0. The minimum atomic E-state index is 0.765. The summed E-state index contributed by atoms with van der Waals surface area (Å²) < 4.78 is 0. The van der Waals surface area contributed by atoms with Crippen molar-refractivity contribution in [1.29, 1.82) is 0 Å². The van der Waals surface area contributed by atoms with Crippen molar-refractivity contribution in [2.75, 3.05) is 0 Å². The second kappa shape index (κ2) is 9.21. The minimum Gasteiger partial charge on any atom is -0.0625 e. The van der Waals surface area contributed by atoms with Crippen LogP contribution in [-0.2, 0) is 12.8 Å². The van der Waals surface area contributed by atoms with E-state index in [4.69, 9.17) is 0 Å². The molecule has 0 amide bonds. The summed E-state index contributed by atoms with van der Waals surface area (Å²) in [5.74, 6) is 1.68. The number of hydrogen-bond acceptors (Lipinski definition) is 0. The molecule has 1 saturated carbocycles. The lowest BCUT2D eigenvalue weighted by atomic mass is 9.79. The summed E-state index contributed by atoms with van der Waals surface area (Å²) in [6.07, 6.45) is 7.69. The van der Waals surface area contributed by atoms with Crippen LogP contribution in [0.3, 0.4) is 0 Å². The maximum Gasteiger partial charge on any atom is -0.0155 e. The Morgan fingerprint density at radius 1 is 0.700 bits per heavy atom. The van der Waals surface area contributed by atoms with Gasteiger partial charge >= 0.3 is 0 Å². The molecular weight excluding hydrogens is 360 g/mol. The topological polar surface area (TPSA) is 0 Å². The first-order valence-corrected chi connectivity index (χ1v) is 11.8. The van der Waals surface area contributed by atoms with Crippen molar-refractivity contribution in [3.63, 3.8) is 0 Å². The summed E-state index contributed by atoms with van der Waals surface area (Å²) in [6.45, 7) is 9.07. The molecule has 30 heavy (non-hydrogen) atoms. The summed E-state index contributed by atoms with van der Waals surface area (Å²) in [5.41, 5.74) is 11.3. The molecule has 3 aromatic rings. The highest BCUT2D eigenvalue weighted by molar-refractivity contribution is 5.68. The SMILES string of the molecule is Cc1ccc(CCc2ccc(-c3ccc(C4CCC(C)CC4)cc3C)cc2)c(C)c1. The Hall–Kier alpha value is -2.34. The zero-order valence-electron chi connectivity index (χ0n) is 19.2. The van der Waals surface area contributed by atoms with Crippen LogP contribution in [-0.4, -0.2) is 0 Å². The molecule has 0 spiro atoms. The smallest absolute Gasteiger partial charge is 0.0155 e. The Morgan fingerprint density at radius 3 is 2.10 bits per heavy atom. The molecule has 3 aromatic carbocycles. The molecule has 0 nitrogen and oxygen atoms in total. The summed E-state index contributed by atoms with van der Waals surface area (Å²) in [5, 5.41) is 0. The van der Waals surface area contributed by atoms with E-state index in [9.17, 15) is 0 Å². The van der Waals surface area contributed by atoms with E-state index in [1.807, 2.05) is 0 Å². The first kappa shape index (κ1) is 20.9. The van der Waals surface area contributed by atoms with E-state index in [1.165, 1.54) is 64.6 Å². The standard InChI is InChI=1S/C30H36/c1-21-5-12-27(13-6-21)29-17-18-30(24(4)20-29)28-15-9-25(10-16-28)8-14-26-11-7-22(2)19-23(26)3/h7,9-11,15-21,27H,5-6,8,12-14H2,1-4H3. The van der Waals surface area contributed by atoms with Crippen molar-refractivity contribution in [2.24, 2.45) is 5.92 Å². The van der Waals surface area contributed by atoms with Gasteiger partial charge in [-0.05, 0) is 97.2 Å². The molecule has 1 aliphatic rings. The van der Waals surface area contributed by atoms with Gasteiger partial charge in [0.1, 0.15) is 0 Å². The van der Waals surface area contributed by atoms with E-state index >= 15 is 0 Å². The fourth-order valence-corrected chi connectivity index (χ4v) is 5.11. The molecular formula is C30H36. The fourth-order valence-electron chi connectivity index (χ4n) is 5.11. The molecule has 0 aromatic heterocycles. The van der Waals surface area contributed by atoms with Crippen molar-refractivity contribution >= 4 is 0 Å². The third-order valence-electron chi connectivity index (χ3n) is 7.18. The summed E-state index contributed by atoms with van der Waals surface area (Å²) >= 11 is 0. The quantitative estimate of drug-likeness (QED) is 0.406. The molecule has 0 radical (unpaired) electrons. The van der Waals surface area contributed by atoms with Gasteiger partial charge in [-0.1, -0.05) is 86.0 Å². The maximum atomic E-state index is 2.45. The number of hydrogen-bond donors (Lipinski definition) is 0. The first-order chi connectivity index (χ1) is 14.5. The van der Waals surface area contributed by atoms with Gasteiger partial charge in [-0.3, -0.25) is 0 Å². The molecule has 0 saturated heterocycles. The van der Waals surface area contributed by atoms with E-state index in [2.05, 4.69) is 88.4 Å². The van der Waals surface area contributed by atoms with Crippen molar-refractivity contribution in [1.82, 2.24) is 0 Å². The van der Waals surface area contributed by atoms with Crippen molar-refractivity contribution in [3.05, 3.63) is 94.0 Å². The van der Waals surface area contributed by atoms with Crippen LogP contribution >= 0.6 is 0 Å². The van der Waals surface area contributed by atoms with Gasteiger partial charge in [-0.25, -0.2) is 0 Å². The lowest BCUT2D eigenvalue weighted by Crippen LogP contribution is -2.10. The second-order valence-electron chi connectivity index (χ2n) is 9.66. The van der Waals surface area contributed by atoms with Crippen molar-refractivity contribution in [3.8, 4) is 11.1 Å². The van der Waals surface area contributed by atoms with Crippen LogP contribution in [0.5, 0.6) is 0 Å². The predicted molar refractivity (Wildman–Crippen MR) is 130 cm³/mol. The zero-order valence-corrected chi connectivity index (χ0v) is 19.2. The van der Waals surface area contributed by atoms with Crippen molar-refractivity contribution in [2.45, 2.75) is 72.1 Å². The second-order valence-corrected chi connectivity index (χ2v) is 9.66. The molecule has 0 atom stereocenters. The highest BCUT2D eigenvalue weighted by Gasteiger charge is 2.20. The lowest BCUT2D eigenvalue weighted by molar-refractivity contribution is 0.348. The fraction of sp³-hybridized carbons (Fsp3) is 0.400. The van der Waals surface area contributed by atoms with Gasteiger partial charge in [0.05, 0.1) is 0 Å². The van der Waals surface area contributed by atoms with Crippen LogP contribution in [0.2, 0.25) is 0 Å². The number of aryl methyl sites for hydroxylation is 5. The van der Waals surface area contributed by atoms with Crippen LogP contribution < -0.4 is 0 Å². The van der Waals surface area contributed by atoms with E-state index in [-0.39, 0.29) is 0 Å². The largest absolute Gasteiger partial charge is 0.0625 e. The third kappa shape index (κ3) is 4.86. The maximum absolute atomic E-state index is 2.45. The molecule has 156 valence electrons. The molecule has 1 aliphatic carbocycles. The Bertz CT molecular complexity index is 985. The van der Waals surface area contributed by atoms with Gasteiger partial charge < -0.3 is 0 Å². The minimum absolute atomic E-state index is 0.765. The molecule has 0 aliphatic heterocycles. The highest BCUT2D eigenvalue weighted by atomic mass is 14.2. The van der Waals surface area contributed by atoms with Crippen LogP contribution in [0, 0.1) is 26.7 Å². The highest BCUT2D eigenvalue weighted by Crippen LogP contribution is 2.37. The molecule has 0 heteroatoms.